The molecule has 196 valence electrons. The lowest BCUT2D eigenvalue weighted by molar-refractivity contribution is -0.125. The van der Waals surface area contributed by atoms with E-state index in [1.165, 1.54) is 13.2 Å². The van der Waals surface area contributed by atoms with Crippen LogP contribution in [0, 0.1) is 25.6 Å². The molecule has 37 heavy (non-hydrogen) atoms. The van der Waals surface area contributed by atoms with Crippen LogP contribution in [0.4, 0.5) is 4.39 Å². The van der Waals surface area contributed by atoms with E-state index < -0.39 is 0 Å². The van der Waals surface area contributed by atoms with Gasteiger partial charge < -0.3 is 15.4 Å². The summed E-state index contributed by atoms with van der Waals surface area (Å²) in [5, 5.41) is 18.8. The monoisotopic (exact) mass is 509 g/mol. The van der Waals surface area contributed by atoms with E-state index in [9.17, 15) is 14.0 Å². The van der Waals surface area contributed by atoms with Gasteiger partial charge in [0, 0.05) is 31.0 Å². The molecule has 1 saturated carbocycles. The number of methoxy groups -OCH3 is 1. The van der Waals surface area contributed by atoms with Crippen LogP contribution in [0.25, 0.3) is 11.4 Å². The molecular weight excluding hydrogens is 477 g/mol. The fourth-order valence-corrected chi connectivity index (χ4v) is 4.56. The first-order valence-corrected chi connectivity index (χ1v) is 12.4. The molecule has 0 spiro atoms. The Bertz CT molecular complexity index is 1250. The average Bonchev–Trinajstić information content (AvgIpc) is 3.34. The van der Waals surface area contributed by atoms with E-state index in [-0.39, 0.29) is 42.5 Å². The molecule has 0 bridgehead atoms. The number of aromatic nitrogens is 5. The summed E-state index contributed by atoms with van der Waals surface area (Å²) >= 11 is 0. The minimum Gasteiger partial charge on any atom is -0.375 e. The summed E-state index contributed by atoms with van der Waals surface area (Å²) < 4.78 is 18.4. The largest absolute Gasteiger partial charge is 0.375 e. The number of nitrogens with zero attached hydrogens (tertiary/aromatic N) is 5. The summed E-state index contributed by atoms with van der Waals surface area (Å²) in [6, 6.07) is 8.37. The fourth-order valence-electron chi connectivity index (χ4n) is 4.56. The van der Waals surface area contributed by atoms with E-state index in [4.69, 9.17) is 4.74 Å². The number of benzene rings is 1. The number of carbonyl (C=O) groups excluding carboxylic acids is 2. The van der Waals surface area contributed by atoms with Crippen LogP contribution in [0.5, 0.6) is 0 Å². The van der Waals surface area contributed by atoms with E-state index in [0.717, 1.165) is 31.2 Å². The maximum absolute atomic E-state index is 13.5. The van der Waals surface area contributed by atoms with Gasteiger partial charge in [0.25, 0.3) is 5.91 Å². The van der Waals surface area contributed by atoms with Gasteiger partial charge in [-0.3, -0.25) is 9.59 Å². The van der Waals surface area contributed by atoms with E-state index >= 15 is 0 Å². The Kier molecular flexibility index (Phi) is 8.54. The summed E-state index contributed by atoms with van der Waals surface area (Å²) in [5.74, 6) is 0.121. The number of ether oxygens (including phenoxy) is 1. The van der Waals surface area contributed by atoms with E-state index in [1.807, 2.05) is 6.07 Å². The van der Waals surface area contributed by atoms with Crippen molar-refractivity contribution in [3.05, 3.63) is 58.7 Å². The Morgan fingerprint density at radius 1 is 1.14 bits per heavy atom. The maximum atomic E-state index is 13.5. The first-order valence-electron chi connectivity index (χ1n) is 12.4. The van der Waals surface area contributed by atoms with Crippen LogP contribution in [-0.4, -0.2) is 56.8 Å². The zero-order valence-corrected chi connectivity index (χ0v) is 21.3. The van der Waals surface area contributed by atoms with Gasteiger partial charge in [-0.1, -0.05) is 12.1 Å². The summed E-state index contributed by atoms with van der Waals surface area (Å²) in [6.45, 7) is 4.47. The van der Waals surface area contributed by atoms with Crippen molar-refractivity contribution in [3.8, 4) is 11.4 Å². The highest BCUT2D eigenvalue weighted by molar-refractivity contribution is 5.93. The number of aryl methyl sites for hydroxylation is 2. The zero-order valence-electron chi connectivity index (χ0n) is 21.3. The van der Waals surface area contributed by atoms with E-state index in [1.54, 1.807) is 36.8 Å². The minimum atomic E-state index is -0.339. The van der Waals surface area contributed by atoms with Crippen LogP contribution in [-0.2, 0) is 22.6 Å². The first kappa shape index (κ1) is 26.3. The molecule has 0 atom stereocenters. The van der Waals surface area contributed by atoms with Gasteiger partial charge in [0.15, 0.2) is 0 Å². The smallest absolute Gasteiger partial charge is 0.270 e. The molecule has 4 rings (SSSR count). The molecule has 3 aromatic rings. The second-order valence-corrected chi connectivity index (χ2v) is 9.53. The summed E-state index contributed by atoms with van der Waals surface area (Å²) in [4.78, 5) is 30.4. The second-order valence-electron chi connectivity index (χ2n) is 9.53. The first-order chi connectivity index (χ1) is 17.8. The zero-order chi connectivity index (χ0) is 26.4. The van der Waals surface area contributed by atoms with Crippen LogP contribution in [0.2, 0.25) is 0 Å². The van der Waals surface area contributed by atoms with Crippen molar-refractivity contribution in [2.45, 2.75) is 58.7 Å². The third-order valence-electron chi connectivity index (χ3n) is 6.48. The number of nitrogens with one attached hydrogen (secondary N) is 2. The summed E-state index contributed by atoms with van der Waals surface area (Å²) in [5.41, 5.74) is 2.89. The molecule has 0 aliphatic heterocycles. The predicted octanol–water partition coefficient (Wildman–Crippen LogP) is 2.74. The van der Waals surface area contributed by atoms with Crippen LogP contribution < -0.4 is 10.6 Å². The van der Waals surface area contributed by atoms with Gasteiger partial charge in [0.05, 0.1) is 6.54 Å². The highest BCUT2D eigenvalue weighted by Gasteiger charge is 2.23. The second kappa shape index (κ2) is 12.0. The molecule has 10 nitrogen and oxygen atoms in total. The SMILES string of the molecule is COCC(=O)NC1CCC(Cn2nnc(-c3cc(C)nc(C(=O)NCc4ccc(F)c(C)c4)c3)n2)CC1. The molecule has 2 amide bonds. The number of tetrazole rings is 1. The van der Waals surface area contributed by atoms with Gasteiger partial charge in [-0.15, -0.1) is 10.2 Å². The number of hydrogen-bond acceptors (Lipinski definition) is 7. The number of carbonyl (C=O) groups is 2. The van der Waals surface area contributed by atoms with E-state index in [2.05, 4.69) is 31.0 Å². The molecule has 1 fully saturated rings. The molecular formula is C26H32FN7O3. The summed E-state index contributed by atoms with van der Waals surface area (Å²) in [7, 11) is 1.51. The molecule has 0 saturated heterocycles. The molecule has 1 aliphatic rings. The molecule has 0 unspecified atom stereocenters. The molecule has 2 heterocycles. The number of hydrogen-bond donors (Lipinski definition) is 2. The average molecular weight is 510 g/mol. The molecule has 1 aromatic carbocycles. The lowest BCUT2D eigenvalue weighted by Crippen LogP contribution is -2.39. The van der Waals surface area contributed by atoms with Crippen LogP contribution in [0.1, 0.15) is 53.0 Å². The number of halogens is 1. The third kappa shape index (κ3) is 7.16. The highest BCUT2D eigenvalue weighted by Crippen LogP contribution is 2.26. The lowest BCUT2D eigenvalue weighted by atomic mass is 9.86. The quantitative estimate of drug-likeness (QED) is 0.455. The predicted molar refractivity (Wildman–Crippen MR) is 134 cm³/mol. The maximum Gasteiger partial charge on any atom is 0.270 e. The van der Waals surface area contributed by atoms with Crippen molar-refractivity contribution in [3.63, 3.8) is 0 Å². The van der Waals surface area contributed by atoms with Gasteiger partial charge in [-0.25, -0.2) is 9.37 Å². The summed E-state index contributed by atoms with van der Waals surface area (Å²) in [6.07, 6.45) is 3.73. The standard InChI is InChI=1S/C26H32FN7O3/c1-16-10-19(6-9-22(16)27)13-28-26(36)23-12-20(11-17(2)29-23)25-31-33-34(32-25)14-18-4-7-21(8-5-18)30-24(35)15-37-3/h6,9-12,18,21H,4-5,7-8,13-15H2,1-3H3,(H,28,36)(H,30,35). The van der Waals surface area contributed by atoms with Gasteiger partial charge in [0.1, 0.15) is 18.1 Å². The van der Waals surface area contributed by atoms with Crippen LogP contribution >= 0.6 is 0 Å². The van der Waals surface area contributed by atoms with E-state index in [0.29, 0.717) is 35.1 Å². The number of pyridine rings is 1. The Morgan fingerprint density at radius 3 is 2.65 bits per heavy atom. The lowest BCUT2D eigenvalue weighted by Gasteiger charge is -2.28. The topological polar surface area (TPSA) is 124 Å². The number of rotatable bonds is 9. The van der Waals surface area contributed by atoms with Gasteiger partial charge >= 0.3 is 0 Å². The Hall–Kier alpha value is -3.73. The minimum absolute atomic E-state index is 0.0807. The van der Waals surface area contributed by atoms with Crippen molar-refractivity contribution in [2.75, 3.05) is 13.7 Å². The van der Waals surface area contributed by atoms with Gasteiger partial charge in [-0.2, -0.15) is 4.80 Å². The molecule has 2 N–H and O–H groups in total. The molecule has 0 radical (unpaired) electrons. The molecule has 11 heteroatoms. The van der Waals surface area contributed by atoms with Crippen LogP contribution in [0.3, 0.4) is 0 Å². The van der Waals surface area contributed by atoms with Gasteiger partial charge in [-0.05, 0) is 80.0 Å². The Morgan fingerprint density at radius 2 is 1.92 bits per heavy atom. The normalized spacial score (nSPS) is 17.4. The van der Waals surface area contributed by atoms with Crippen molar-refractivity contribution in [1.82, 2.24) is 35.8 Å². The molecule has 1 aliphatic carbocycles. The third-order valence-corrected chi connectivity index (χ3v) is 6.48. The Labute approximate surface area is 215 Å². The fraction of sp³-hybridized carbons (Fsp3) is 0.462. The van der Waals surface area contributed by atoms with Crippen molar-refractivity contribution >= 4 is 11.8 Å². The van der Waals surface area contributed by atoms with Crippen molar-refractivity contribution in [2.24, 2.45) is 5.92 Å². The van der Waals surface area contributed by atoms with Crippen LogP contribution in [0.15, 0.2) is 30.3 Å². The highest BCUT2D eigenvalue weighted by atomic mass is 19.1. The van der Waals surface area contributed by atoms with Gasteiger partial charge in [0.2, 0.25) is 11.7 Å². The Balaban J connectivity index is 1.34. The molecule has 2 aromatic heterocycles. The van der Waals surface area contributed by atoms with Crippen molar-refractivity contribution in [1.29, 1.82) is 0 Å². The van der Waals surface area contributed by atoms with Crippen molar-refractivity contribution < 1.29 is 18.7 Å². The number of amides is 2.